The van der Waals surface area contributed by atoms with Crippen molar-refractivity contribution in [2.45, 2.75) is 71.0 Å². The van der Waals surface area contributed by atoms with Gasteiger partial charge in [0.05, 0.1) is 10.6 Å². The standard InChI is InChI=1S/C31H38ClN3O4S/c1-6-24(5)33-31(37)29(7-2)34(20-25-13-15-26(32)16-14-25)30(36)21-35(27-10-8-9-23(4)19-27)40(38,39)28-17-11-22(3)12-18-28/h8-19,24,29H,6-7,20-21H2,1-5H3,(H,33,37)/t24-,29+/m0/s1. The highest BCUT2D eigenvalue weighted by molar-refractivity contribution is 7.92. The molecule has 0 aliphatic carbocycles. The minimum atomic E-state index is -4.10. The summed E-state index contributed by atoms with van der Waals surface area (Å²) in [4.78, 5) is 29.0. The van der Waals surface area contributed by atoms with Crippen LogP contribution >= 0.6 is 11.6 Å². The van der Waals surface area contributed by atoms with Crippen molar-refractivity contribution in [3.8, 4) is 0 Å². The van der Waals surface area contributed by atoms with Crippen LogP contribution in [0.2, 0.25) is 5.02 Å². The van der Waals surface area contributed by atoms with Crippen LogP contribution in [0.5, 0.6) is 0 Å². The first kappa shape index (κ1) is 31.2. The number of halogens is 1. The minimum absolute atomic E-state index is 0.0697. The Kier molecular flexibility index (Phi) is 10.8. The average molecular weight is 584 g/mol. The van der Waals surface area contributed by atoms with E-state index in [1.165, 1.54) is 17.0 Å². The Bertz CT molecular complexity index is 1410. The lowest BCUT2D eigenvalue weighted by atomic mass is 10.1. The minimum Gasteiger partial charge on any atom is -0.352 e. The van der Waals surface area contributed by atoms with Crippen LogP contribution in [0.25, 0.3) is 0 Å². The maximum Gasteiger partial charge on any atom is 0.264 e. The van der Waals surface area contributed by atoms with E-state index >= 15 is 0 Å². The number of amides is 2. The normalized spacial score (nSPS) is 12.8. The van der Waals surface area contributed by atoms with Gasteiger partial charge in [0.1, 0.15) is 12.6 Å². The van der Waals surface area contributed by atoms with Crippen LogP contribution in [0.15, 0.2) is 77.7 Å². The molecule has 214 valence electrons. The van der Waals surface area contributed by atoms with Crippen molar-refractivity contribution in [1.82, 2.24) is 10.2 Å². The Labute approximate surface area is 243 Å². The fourth-order valence-electron chi connectivity index (χ4n) is 4.30. The van der Waals surface area contributed by atoms with Crippen molar-refractivity contribution in [1.29, 1.82) is 0 Å². The third kappa shape index (κ3) is 7.86. The van der Waals surface area contributed by atoms with Crippen LogP contribution in [0.3, 0.4) is 0 Å². The molecule has 0 aliphatic heterocycles. The fraction of sp³-hybridized carbons (Fsp3) is 0.355. The number of nitrogens with one attached hydrogen (secondary N) is 1. The summed E-state index contributed by atoms with van der Waals surface area (Å²) < 4.78 is 29.0. The Balaban J connectivity index is 2.05. The monoisotopic (exact) mass is 583 g/mol. The van der Waals surface area contributed by atoms with E-state index in [1.54, 1.807) is 54.6 Å². The van der Waals surface area contributed by atoms with E-state index in [4.69, 9.17) is 11.6 Å². The number of sulfonamides is 1. The van der Waals surface area contributed by atoms with E-state index in [9.17, 15) is 18.0 Å². The van der Waals surface area contributed by atoms with Crippen molar-refractivity contribution >= 4 is 39.1 Å². The molecular formula is C31H38ClN3O4S. The van der Waals surface area contributed by atoms with Gasteiger partial charge in [-0.3, -0.25) is 13.9 Å². The van der Waals surface area contributed by atoms with Gasteiger partial charge in [-0.2, -0.15) is 0 Å². The van der Waals surface area contributed by atoms with Gasteiger partial charge < -0.3 is 10.2 Å². The van der Waals surface area contributed by atoms with Crippen molar-refractivity contribution in [3.63, 3.8) is 0 Å². The average Bonchev–Trinajstić information content (AvgIpc) is 2.92. The first-order chi connectivity index (χ1) is 19.0. The molecule has 40 heavy (non-hydrogen) atoms. The number of carbonyl (C=O) groups excluding carboxylic acids is 2. The van der Waals surface area contributed by atoms with Gasteiger partial charge in [0.2, 0.25) is 11.8 Å². The summed E-state index contributed by atoms with van der Waals surface area (Å²) in [5.74, 6) is -0.763. The lowest BCUT2D eigenvalue weighted by molar-refractivity contribution is -0.140. The molecule has 7 nitrogen and oxygen atoms in total. The van der Waals surface area contributed by atoms with E-state index < -0.39 is 28.5 Å². The highest BCUT2D eigenvalue weighted by Crippen LogP contribution is 2.26. The zero-order chi connectivity index (χ0) is 29.4. The zero-order valence-corrected chi connectivity index (χ0v) is 25.3. The number of anilines is 1. The number of benzene rings is 3. The van der Waals surface area contributed by atoms with Gasteiger partial charge in [0.15, 0.2) is 0 Å². The molecule has 1 N–H and O–H groups in total. The van der Waals surface area contributed by atoms with Gasteiger partial charge in [-0.1, -0.05) is 67.4 Å². The second-order valence-electron chi connectivity index (χ2n) is 10.1. The molecule has 0 unspecified atom stereocenters. The largest absolute Gasteiger partial charge is 0.352 e. The van der Waals surface area contributed by atoms with Crippen molar-refractivity contribution < 1.29 is 18.0 Å². The summed E-state index contributed by atoms with van der Waals surface area (Å²) in [6, 6.07) is 19.7. The van der Waals surface area contributed by atoms with Crippen LogP contribution in [0.4, 0.5) is 5.69 Å². The Morgan fingerprint density at radius 3 is 2.12 bits per heavy atom. The molecular weight excluding hydrogens is 546 g/mol. The molecule has 0 bridgehead atoms. The molecule has 0 radical (unpaired) electrons. The van der Waals surface area contributed by atoms with E-state index in [-0.39, 0.29) is 23.4 Å². The van der Waals surface area contributed by atoms with Crippen LogP contribution < -0.4 is 9.62 Å². The highest BCUT2D eigenvalue weighted by atomic mass is 35.5. The van der Waals surface area contributed by atoms with Crippen molar-refractivity contribution in [3.05, 3.63) is 94.5 Å². The molecule has 0 aliphatic rings. The van der Waals surface area contributed by atoms with E-state index in [2.05, 4.69) is 5.32 Å². The van der Waals surface area contributed by atoms with Gasteiger partial charge in [-0.05, 0) is 81.1 Å². The van der Waals surface area contributed by atoms with Crippen molar-refractivity contribution in [2.75, 3.05) is 10.8 Å². The van der Waals surface area contributed by atoms with Crippen LogP contribution in [-0.4, -0.2) is 43.8 Å². The molecule has 0 fully saturated rings. The molecule has 3 aromatic rings. The summed E-state index contributed by atoms with van der Waals surface area (Å²) >= 11 is 6.07. The summed E-state index contributed by atoms with van der Waals surface area (Å²) in [7, 11) is -4.10. The van der Waals surface area contributed by atoms with Crippen molar-refractivity contribution in [2.24, 2.45) is 0 Å². The number of hydrogen-bond acceptors (Lipinski definition) is 4. The third-order valence-electron chi connectivity index (χ3n) is 6.83. The van der Waals surface area contributed by atoms with Crippen LogP contribution in [0, 0.1) is 13.8 Å². The molecule has 9 heteroatoms. The molecule has 0 saturated carbocycles. The Hall–Kier alpha value is -3.36. The number of aryl methyl sites for hydroxylation is 2. The Morgan fingerprint density at radius 1 is 0.900 bits per heavy atom. The number of hydrogen-bond donors (Lipinski definition) is 1. The molecule has 2 amide bonds. The number of rotatable bonds is 12. The summed E-state index contributed by atoms with van der Waals surface area (Å²) in [6.45, 7) is 9.10. The fourth-order valence-corrected chi connectivity index (χ4v) is 5.83. The summed E-state index contributed by atoms with van der Waals surface area (Å²) in [5.41, 5.74) is 2.92. The second kappa shape index (κ2) is 13.8. The molecule has 2 atom stereocenters. The molecule has 0 aromatic heterocycles. The van der Waals surface area contributed by atoms with Crippen LogP contribution in [0.1, 0.15) is 50.3 Å². The second-order valence-corrected chi connectivity index (χ2v) is 12.4. The van der Waals surface area contributed by atoms with Crippen LogP contribution in [-0.2, 0) is 26.2 Å². The number of nitrogens with zero attached hydrogens (tertiary/aromatic N) is 2. The molecule has 0 heterocycles. The summed E-state index contributed by atoms with van der Waals surface area (Å²) in [5, 5.41) is 3.53. The highest BCUT2D eigenvalue weighted by Gasteiger charge is 2.34. The molecule has 3 rings (SSSR count). The topological polar surface area (TPSA) is 86.8 Å². The van der Waals surface area contributed by atoms with Gasteiger partial charge in [0, 0.05) is 17.6 Å². The maximum absolute atomic E-state index is 14.1. The predicted octanol–water partition coefficient (Wildman–Crippen LogP) is 5.87. The molecule has 3 aromatic carbocycles. The lowest BCUT2D eigenvalue weighted by Gasteiger charge is -2.33. The third-order valence-corrected chi connectivity index (χ3v) is 8.87. The quantitative estimate of drug-likeness (QED) is 0.289. The Morgan fingerprint density at radius 2 is 1.55 bits per heavy atom. The molecule has 0 spiro atoms. The van der Waals surface area contributed by atoms with Gasteiger partial charge in [-0.15, -0.1) is 0 Å². The van der Waals surface area contributed by atoms with Gasteiger partial charge in [-0.25, -0.2) is 8.42 Å². The summed E-state index contributed by atoms with van der Waals surface area (Å²) in [6.07, 6.45) is 1.10. The predicted molar refractivity (Wildman–Crippen MR) is 161 cm³/mol. The maximum atomic E-state index is 14.1. The smallest absolute Gasteiger partial charge is 0.264 e. The van der Waals surface area contributed by atoms with Gasteiger partial charge >= 0.3 is 0 Å². The first-order valence-electron chi connectivity index (χ1n) is 13.5. The zero-order valence-electron chi connectivity index (χ0n) is 23.7. The number of carbonyl (C=O) groups is 2. The lowest BCUT2D eigenvalue weighted by Crippen LogP contribution is -2.53. The molecule has 0 saturated heterocycles. The first-order valence-corrected chi connectivity index (χ1v) is 15.3. The van der Waals surface area contributed by atoms with E-state index in [1.807, 2.05) is 40.7 Å². The van der Waals surface area contributed by atoms with Gasteiger partial charge in [0.25, 0.3) is 10.0 Å². The van der Waals surface area contributed by atoms with E-state index in [0.29, 0.717) is 17.1 Å². The van der Waals surface area contributed by atoms with E-state index in [0.717, 1.165) is 27.4 Å². The SMILES string of the molecule is CC[C@H](C(=O)N[C@@H](C)CC)N(Cc1ccc(Cl)cc1)C(=O)CN(c1cccc(C)c1)S(=O)(=O)c1ccc(C)cc1.